The van der Waals surface area contributed by atoms with Gasteiger partial charge in [0.25, 0.3) is 0 Å². The molecule has 0 aliphatic heterocycles. The zero-order chi connectivity index (χ0) is 23.0. The summed E-state index contributed by atoms with van der Waals surface area (Å²) in [5, 5.41) is 0. The van der Waals surface area contributed by atoms with Crippen LogP contribution < -0.4 is 0 Å². The average molecular weight is 437 g/mol. The van der Waals surface area contributed by atoms with Gasteiger partial charge in [-0.25, -0.2) is 0 Å². The Hall–Kier alpha value is 0. The summed E-state index contributed by atoms with van der Waals surface area (Å²) in [5.74, 6) is 2.86. The first-order valence-electron chi connectivity index (χ1n) is 15.1. The number of hydrogen-bond acceptors (Lipinski definition) is 0. The standard InChI is InChI=1S/C31H64/c1-6-8-9-19-25-30(4)27-22-23-28-31(5)26-21-18-16-14-12-10-11-13-15-17-20-24-29(3)7-2/h29-31H,6-28H2,1-5H3. The van der Waals surface area contributed by atoms with Crippen LogP contribution in [-0.4, -0.2) is 0 Å². The van der Waals surface area contributed by atoms with Crippen LogP contribution in [0.5, 0.6) is 0 Å². The Morgan fingerprint density at radius 1 is 0.323 bits per heavy atom. The molecule has 0 heteroatoms. The third-order valence-electron chi connectivity index (χ3n) is 7.79. The first-order valence-corrected chi connectivity index (χ1v) is 15.1. The molecule has 0 aromatic carbocycles. The van der Waals surface area contributed by atoms with Crippen molar-refractivity contribution in [1.82, 2.24) is 0 Å². The Morgan fingerprint density at radius 2 is 0.581 bits per heavy atom. The maximum absolute atomic E-state index is 2.50. The lowest BCUT2D eigenvalue weighted by Crippen LogP contribution is -1.98. The van der Waals surface area contributed by atoms with E-state index in [-0.39, 0.29) is 0 Å². The van der Waals surface area contributed by atoms with Crippen molar-refractivity contribution < 1.29 is 0 Å². The minimum Gasteiger partial charge on any atom is -0.0654 e. The van der Waals surface area contributed by atoms with Crippen molar-refractivity contribution in [3.05, 3.63) is 0 Å². The van der Waals surface area contributed by atoms with Gasteiger partial charge in [-0.3, -0.25) is 0 Å². The summed E-state index contributed by atoms with van der Waals surface area (Å²) in [4.78, 5) is 0. The minimum atomic E-state index is 0.946. The van der Waals surface area contributed by atoms with Gasteiger partial charge >= 0.3 is 0 Å². The fraction of sp³-hybridized carbons (Fsp3) is 1.00. The maximum Gasteiger partial charge on any atom is -0.0443 e. The van der Waals surface area contributed by atoms with E-state index in [9.17, 15) is 0 Å². The van der Waals surface area contributed by atoms with Crippen LogP contribution in [0, 0.1) is 17.8 Å². The molecule has 0 saturated carbocycles. The molecule has 188 valence electrons. The number of hydrogen-bond donors (Lipinski definition) is 0. The second-order valence-corrected chi connectivity index (χ2v) is 11.3. The molecule has 0 heterocycles. The number of unbranched alkanes of at least 4 members (excludes halogenated alkanes) is 14. The van der Waals surface area contributed by atoms with Gasteiger partial charge in [0.05, 0.1) is 0 Å². The summed E-state index contributed by atoms with van der Waals surface area (Å²) in [7, 11) is 0. The van der Waals surface area contributed by atoms with Gasteiger partial charge in [0.2, 0.25) is 0 Å². The van der Waals surface area contributed by atoms with Crippen molar-refractivity contribution in [2.75, 3.05) is 0 Å². The van der Waals surface area contributed by atoms with E-state index in [1.54, 1.807) is 0 Å². The Balaban J connectivity index is 3.24. The Kier molecular flexibility index (Phi) is 24.6. The Labute approximate surface area is 200 Å². The van der Waals surface area contributed by atoms with Crippen LogP contribution in [0.1, 0.15) is 182 Å². The van der Waals surface area contributed by atoms with Crippen molar-refractivity contribution in [3.63, 3.8) is 0 Å². The monoisotopic (exact) mass is 437 g/mol. The highest BCUT2D eigenvalue weighted by Crippen LogP contribution is 2.21. The van der Waals surface area contributed by atoms with E-state index >= 15 is 0 Å². The summed E-state index contributed by atoms with van der Waals surface area (Å²) < 4.78 is 0. The van der Waals surface area contributed by atoms with Gasteiger partial charge in [-0.05, 0) is 17.8 Å². The second-order valence-electron chi connectivity index (χ2n) is 11.3. The van der Waals surface area contributed by atoms with Gasteiger partial charge in [0.1, 0.15) is 0 Å². The van der Waals surface area contributed by atoms with Crippen molar-refractivity contribution in [2.24, 2.45) is 17.8 Å². The summed E-state index contributed by atoms with van der Waals surface area (Å²) in [6.07, 6.45) is 33.6. The quantitative estimate of drug-likeness (QED) is 0.125. The molecule has 0 aromatic heterocycles. The van der Waals surface area contributed by atoms with E-state index in [2.05, 4.69) is 34.6 Å². The predicted octanol–water partition coefficient (Wildman–Crippen LogP) is 11.9. The zero-order valence-corrected chi connectivity index (χ0v) is 23.0. The first-order chi connectivity index (χ1) is 15.1. The second kappa shape index (κ2) is 24.6. The highest BCUT2D eigenvalue weighted by molar-refractivity contribution is 4.59. The molecule has 0 aliphatic rings. The largest absolute Gasteiger partial charge is 0.0654 e. The van der Waals surface area contributed by atoms with Crippen molar-refractivity contribution in [3.8, 4) is 0 Å². The van der Waals surface area contributed by atoms with Gasteiger partial charge < -0.3 is 0 Å². The van der Waals surface area contributed by atoms with Gasteiger partial charge in [-0.15, -0.1) is 0 Å². The van der Waals surface area contributed by atoms with Crippen molar-refractivity contribution in [2.45, 2.75) is 182 Å². The molecule has 0 spiro atoms. The van der Waals surface area contributed by atoms with Crippen LogP contribution in [0.25, 0.3) is 0 Å². The molecule has 0 amide bonds. The van der Waals surface area contributed by atoms with Crippen LogP contribution in [0.4, 0.5) is 0 Å². The molecule has 3 atom stereocenters. The molecule has 0 radical (unpaired) electrons. The first kappa shape index (κ1) is 31.0. The molecule has 0 saturated heterocycles. The lowest BCUT2D eigenvalue weighted by atomic mass is 9.93. The molecular formula is C31H64. The highest BCUT2D eigenvalue weighted by Gasteiger charge is 2.05. The molecular weight excluding hydrogens is 372 g/mol. The smallest absolute Gasteiger partial charge is 0.0443 e. The predicted molar refractivity (Wildman–Crippen MR) is 145 cm³/mol. The molecule has 3 unspecified atom stereocenters. The highest BCUT2D eigenvalue weighted by atomic mass is 14.1. The Bertz CT molecular complexity index is 320. The normalized spacial score (nSPS) is 14.6. The van der Waals surface area contributed by atoms with Crippen LogP contribution >= 0.6 is 0 Å². The van der Waals surface area contributed by atoms with E-state index < -0.39 is 0 Å². The summed E-state index contributed by atoms with van der Waals surface area (Å²) in [5.41, 5.74) is 0. The fourth-order valence-corrected chi connectivity index (χ4v) is 4.97. The van der Waals surface area contributed by atoms with Crippen LogP contribution in [0.15, 0.2) is 0 Å². The van der Waals surface area contributed by atoms with Gasteiger partial charge in [0, 0.05) is 0 Å². The van der Waals surface area contributed by atoms with E-state index in [0.717, 1.165) is 17.8 Å². The lowest BCUT2D eigenvalue weighted by Gasteiger charge is -2.13. The van der Waals surface area contributed by atoms with Crippen LogP contribution in [-0.2, 0) is 0 Å². The summed E-state index contributed by atoms with van der Waals surface area (Å²) in [6, 6.07) is 0. The molecule has 0 aromatic rings. The van der Waals surface area contributed by atoms with Crippen molar-refractivity contribution >= 4 is 0 Å². The van der Waals surface area contributed by atoms with E-state index in [1.165, 1.54) is 148 Å². The lowest BCUT2D eigenvalue weighted by molar-refractivity contribution is 0.401. The molecule has 0 nitrogen and oxygen atoms in total. The molecule has 0 rings (SSSR count). The third kappa shape index (κ3) is 24.5. The topological polar surface area (TPSA) is 0 Å². The third-order valence-corrected chi connectivity index (χ3v) is 7.79. The minimum absolute atomic E-state index is 0.946. The van der Waals surface area contributed by atoms with Gasteiger partial charge in [0.15, 0.2) is 0 Å². The zero-order valence-electron chi connectivity index (χ0n) is 23.0. The molecule has 0 bridgehead atoms. The molecule has 0 N–H and O–H groups in total. The SMILES string of the molecule is CCCCCCC(C)CCCCC(C)CCCCCCCCCCCCCC(C)CC. The van der Waals surface area contributed by atoms with E-state index in [1.807, 2.05) is 0 Å². The summed E-state index contributed by atoms with van der Waals surface area (Å²) in [6.45, 7) is 12.0. The molecule has 0 fully saturated rings. The van der Waals surface area contributed by atoms with Crippen LogP contribution in [0.3, 0.4) is 0 Å². The van der Waals surface area contributed by atoms with Crippen LogP contribution in [0.2, 0.25) is 0 Å². The van der Waals surface area contributed by atoms with Gasteiger partial charge in [-0.1, -0.05) is 182 Å². The molecule has 0 aliphatic carbocycles. The average Bonchev–Trinajstić information content (AvgIpc) is 2.77. The fourth-order valence-electron chi connectivity index (χ4n) is 4.97. The Morgan fingerprint density at radius 3 is 0.903 bits per heavy atom. The maximum atomic E-state index is 2.50. The number of rotatable bonds is 25. The van der Waals surface area contributed by atoms with Crippen molar-refractivity contribution in [1.29, 1.82) is 0 Å². The van der Waals surface area contributed by atoms with E-state index in [4.69, 9.17) is 0 Å². The van der Waals surface area contributed by atoms with E-state index in [0.29, 0.717) is 0 Å². The van der Waals surface area contributed by atoms with Gasteiger partial charge in [-0.2, -0.15) is 0 Å². The summed E-state index contributed by atoms with van der Waals surface area (Å²) >= 11 is 0. The molecule has 31 heavy (non-hydrogen) atoms.